The maximum atomic E-state index is 4.71. The highest BCUT2D eigenvalue weighted by Gasteiger charge is 2.11. The van der Waals surface area contributed by atoms with Crippen molar-refractivity contribution in [3.8, 4) is 0 Å². The summed E-state index contributed by atoms with van der Waals surface area (Å²) in [6.45, 7) is 7.78. The van der Waals surface area contributed by atoms with Crippen LogP contribution in [0.5, 0.6) is 0 Å². The highest BCUT2D eigenvalue weighted by atomic mass is 15.3. The summed E-state index contributed by atoms with van der Waals surface area (Å²) in [7, 11) is 2.02. The molecule has 0 fully saturated rings. The van der Waals surface area contributed by atoms with E-state index in [1.807, 2.05) is 7.05 Å². The Morgan fingerprint density at radius 1 is 1.24 bits per heavy atom. The average molecular weight is 237 g/mol. The molecular weight excluding hydrogens is 210 g/mol. The van der Waals surface area contributed by atoms with Crippen molar-refractivity contribution in [3.63, 3.8) is 0 Å². The van der Waals surface area contributed by atoms with Crippen LogP contribution in [0, 0.1) is 5.92 Å². The van der Waals surface area contributed by atoms with Crippen LogP contribution < -0.4 is 5.32 Å². The van der Waals surface area contributed by atoms with Gasteiger partial charge < -0.3 is 5.32 Å². The molecule has 1 atom stereocenters. The van der Waals surface area contributed by atoms with Gasteiger partial charge in [-0.25, -0.2) is 0 Å². The maximum absolute atomic E-state index is 4.71. The minimum Gasteiger partial charge on any atom is -0.319 e. The summed E-state index contributed by atoms with van der Waals surface area (Å²) in [5.41, 5.74) is 1.24. The molecule has 0 radical (unpaired) electrons. The second-order valence-corrected chi connectivity index (χ2v) is 4.79. The first-order chi connectivity index (χ1) is 8.24. The summed E-state index contributed by atoms with van der Waals surface area (Å²) in [5, 5.41) is 7.97. The molecule has 3 nitrogen and oxygen atoms in total. The molecule has 0 aliphatic carbocycles. The van der Waals surface area contributed by atoms with Crippen LogP contribution in [0.4, 0.5) is 0 Å². The third-order valence-corrected chi connectivity index (χ3v) is 3.55. The van der Waals surface area contributed by atoms with Crippen LogP contribution in [0.2, 0.25) is 0 Å². The van der Waals surface area contributed by atoms with E-state index in [4.69, 9.17) is 5.10 Å². The number of aromatic nitrogens is 2. The molecular formula is C14H27N3. The Kier molecular flexibility index (Phi) is 6.27. The smallest absolute Gasteiger partial charge is 0.0627 e. The molecule has 1 aromatic rings. The van der Waals surface area contributed by atoms with E-state index in [0.29, 0.717) is 12.0 Å². The van der Waals surface area contributed by atoms with Gasteiger partial charge in [0.1, 0.15) is 0 Å². The van der Waals surface area contributed by atoms with Crippen LogP contribution in [-0.4, -0.2) is 23.4 Å². The van der Waals surface area contributed by atoms with Gasteiger partial charge in [0.05, 0.1) is 11.7 Å². The van der Waals surface area contributed by atoms with Gasteiger partial charge in [0.15, 0.2) is 0 Å². The maximum Gasteiger partial charge on any atom is 0.0627 e. The lowest BCUT2D eigenvalue weighted by atomic mass is 10.0. The fourth-order valence-electron chi connectivity index (χ4n) is 2.30. The molecule has 17 heavy (non-hydrogen) atoms. The molecule has 0 aromatic carbocycles. The first-order valence-electron chi connectivity index (χ1n) is 6.93. The van der Waals surface area contributed by atoms with E-state index in [9.17, 15) is 0 Å². The molecule has 0 bridgehead atoms. The van der Waals surface area contributed by atoms with Crippen LogP contribution >= 0.6 is 0 Å². The van der Waals surface area contributed by atoms with E-state index in [0.717, 1.165) is 25.8 Å². The van der Waals surface area contributed by atoms with Gasteiger partial charge in [-0.1, -0.05) is 27.2 Å². The standard InChI is InChI=1S/C14H27N3/c1-5-12(11-15-4)10-13-8-9-17(16-13)14(6-2)7-3/h8-9,12,14-15H,5-7,10-11H2,1-4H3. The molecule has 0 saturated heterocycles. The zero-order chi connectivity index (χ0) is 12.7. The van der Waals surface area contributed by atoms with E-state index in [1.54, 1.807) is 0 Å². The lowest BCUT2D eigenvalue weighted by Crippen LogP contribution is -2.20. The van der Waals surface area contributed by atoms with Crippen molar-refractivity contribution in [2.45, 2.75) is 52.5 Å². The van der Waals surface area contributed by atoms with Crippen molar-refractivity contribution in [2.24, 2.45) is 5.92 Å². The summed E-state index contributed by atoms with van der Waals surface area (Å²) >= 11 is 0. The topological polar surface area (TPSA) is 29.9 Å². The van der Waals surface area contributed by atoms with Crippen molar-refractivity contribution < 1.29 is 0 Å². The van der Waals surface area contributed by atoms with Gasteiger partial charge in [-0.05, 0) is 44.8 Å². The highest BCUT2D eigenvalue weighted by molar-refractivity contribution is 5.01. The Morgan fingerprint density at radius 3 is 2.47 bits per heavy atom. The van der Waals surface area contributed by atoms with Gasteiger partial charge in [-0.2, -0.15) is 5.10 Å². The van der Waals surface area contributed by atoms with E-state index in [1.165, 1.54) is 12.1 Å². The van der Waals surface area contributed by atoms with Crippen LogP contribution in [0.15, 0.2) is 12.3 Å². The SMILES string of the molecule is CCC(CNC)Cc1ccn(C(CC)CC)n1. The number of nitrogens with one attached hydrogen (secondary N) is 1. The van der Waals surface area contributed by atoms with E-state index in [-0.39, 0.29) is 0 Å². The predicted octanol–water partition coefficient (Wildman–Crippen LogP) is 3.03. The molecule has 1 N–H and O–H groups in total. The average Bonchev–Trinajstić information content (AvgIpc) is 2.79. The number of hydrogen-bond acceptors (Lipinski definition) is 2. The minimum atomic E-state index is 0.563. The van der Waals surface area contributed by atoms with E-state index < -0.39 is 0 Å². The Balaban J connectivity index is 2.60. The fraction of sp³-hybridized carbons (Fsp3) is 0.786. The van der Waals surface area contributed by atoms with Crippen LogP contribution in [0.25, 0.3) is 0 Å². The molecule has 98 valence electrons. The van der Waals surface area contributed by atoms with Crippen molar-refractivity contribution in [3.05, 3.63) is 18.0 Å². The minimum absolute atomic E-state index is 0.563. The van der Waals surface area contributed by atoms with Gasteiger partial charge in [-0.15, -0.1) is 0 Å². The Hall–Kier alpha value is -0.830. The lowest BCUT2D eigenvalue weighted by molar-refractivity contribution is 0.418. The molecule has 1 unspecified atom stereocenters. The zero-order valence-electron chi connectivity index (χ0n) is 11.7. The summed E-state index contributed by atoms with van der Waals surface area (Å²) in [6, 6.07) is 2.74. The van der Waals surface area contributed by atoms with Crippen molar-refractivity contribution >= 4 is 0 Å². The van der Waals surface area contributed by atoms with Crippen molar-refractivity contribution in [2.75, 3.05) is 13.6 Å². The predicted molar refractivity (Wildman–Crippen MR) is 73.3 cm³/mol. The molecule has 3 heteroatoms. The van der Waals surface area contributed by atoms with Crippen molar-refractivity contribution in [1.82, 2.24) is 15.1 Å². The largest absolute Gasteiger partial charge is 0.319 e. The van der Waals surface area contributed by atoms with E-state index in [2.05, 4.69) is 43.0 Å². The fourth-order valence-corrected chi connectivity index (χ4v) is 2.30. The summed E-state index contributed by atoms with van der Waals surface area (Å²) < 4.78 is 2.14. The quantitative estimate of drug-likeness (QED) is 0.753. The summed E-state index contributed by atoms with van der Waals surface area (Å²) in [4.78, 5) is 0. The van der Waals surface area contributed by atoms with E-state index >= 15 is 0 Å². The van der Waals surface area contributed by atoms with Gasteiger partial charge in [0.2, 0.25) is 0 Å². The Morgan fingerprint density at radius 2 is 1.94 bits per heavy atom. The molecule has 0 aliphatic heterocycles. The monoisotopic (exact) mass is 237 g/mol. The molecule has 1 aromatic heterocycles. The zero-order valence-corrected chi connectivity index (χ0v) is 11.7. The summed E-state index contributed by atoms with van der Waals surface area (Å²) in [5.74, 6) is 0.699. The Labute approximate surface area is 106 Å². The first kappa shape index (κ1) is 14.2. The van der Waals surface area contributed by atoms with Gasteiger partial charge in [0, 0.05) is 6.20 Å². The molecule has 0 spiro atoms. The van der Waals surface area contributed by atoms with Gasteiger partial charge in [0.25, 0.3) is 0 Å². The number of nitrogens with zero attached hydrogens (tertiary/aromatic N) is 2. The van der Waals surface area contributed by atoms with Gasteiger partial charge >= 0.3 is 0 Å². The molecule has 1 rings (SSSR count). The molecule has 0 amide bonds. The van der Waals surface area contributed by atoms with Gasteiger partial charge in [-0.3, -0.25) is 4.68 Å². The molecule has 0 aliphatic rings. The second-order valence-electron chi connectivity index (χ2n) is 4.79. The first-order valence-corrected chi connectivity index (χ1v) is 6.93. The third kappa shape index (κ3) is 4.15. The highest BCUT2D eigenvalue weighted by Crippen LogP contribution is 2.16. The number of hydrogen-bond donors (Lipinski definition) is 1. The number of rotatable bonds is 8. The normalized spacial score (nSPS) is 13.2. The second kappa shape index (κ2) is 7.49. The molecule has 1 heterocycles. The Bertz CT molecular complexity index is 302. The summed E-state index contributed by atoms with van der Waals surface area (Å²) in [6.07, 6.45) is 6.75. The molecule has 0 saturated carbocycles. The lowest BCUT2D eigenvalue weighted by Gasteiger charge is -2.14. The third-order valence-electron chi connectivity index (χ3n) is 3.55. The van der Waals surface area contributed by atoms with Crippen LogP contribution in [-0.2, 0) is 6.42 Å². The van der Waals surface area contributed by atoms with Crippen LogP contribution in [0.3, 0.4) is 0 Å². The van der Waals surface area contributed by atoms with Crippen LogP contribution in [0.1, 0.15) is 51.8 Å². The van der Waals surface area contributed by atoms with Crippen molar-refractivity contribution in [1.29, 1.82) is 0 Å².